The average Bonchev–Trinajstić information content (AvgIpc) is 2.85. The van der Waals surface area contributed by atoms with Crippen LogP contribution in [-0.2, 0) is 16.4 Å². The van der Waals surface area contributed by atoms with Gasteiger partial charge in [-0.05, 0) is 32.1 Å². The number of hydrogen-bond acceptors (Lipinski definition) is 7. The van der Waals surface area contributed by atoms with Gasteiger partial charge in [0.2, 0.25) is 11.8 Å². The van der Waals surface area contributed by atoms with Crippen molar-refractivity contribution in [3.63, 3.8) is 0 Å². The van der Waals surface area contributed by atoms with Crippen LogP contribution in [-0.4, -0.2) is 59.1 Å². The van der Waals surface area contributed by atoms with Gasteiger partial charge in [-0.15, -0.1) is 0 Å². The Balaban J connectivity index is 1.74. The number of aromatic nitrogens is 2. The van der Waals surface area contributed by atoms with Crippen LogP contribution in [0.5, 0.6) is 5.88 Å². The standard InChI is InChI=1S/C17H26F3N5O4S/c18-17(19,20)12-10-22-16(23-11-6-8-25(9-7-11)30(21,27)28)24-15(12)29-14-5-3-1-2-4-13(14)26/h10-11,13-14,26H,1-9H2,(H2,21,27,28)(H,22,23,24)/t13-,14+/m1/s1. The second-order valence-electron chi connectivity index (χ2n) is 7.63. The van der Waals surface area contributed by atoms with Gasteiger partial charge in [-0.3, -0.25) is 0 Å². The van der Waals surface area contributed by atoms with Crippen molar-refractivity contribution >= 4 is 16.2 Å². The number of nitrogens with one attached hydrogen (secondary N) is 1. The maximum Gasteiger partial charge on any atom is 0.423 e. The Hall–Kier alpha value is -1.70. The Morgan fingerprint density at radius 3 is 2.47 bits per heavy atom. The number of rotatable bonds is 5. The summed E-state index contributed by atoms with van der Waals surface area (Å²) >= 11 is 0. The lowest BCUT2D eigenvalue weighted by Crippen LogP contribution is -2.45. The fourth-order valence-electron chi connectivity index (χ4n) is 3.69. The molecule has 2 aliphatic rings. The number of nitrogens with two attached hydrogens (primary N) is 1. The van der Waals surface area contributed by atoms with E-state index < -0.39 is 40.0 Å². The third-order valence-corrected chi connectivity index (χ3v) is 6.47. The zero-order chi connectivity index (χ0) is 21.9. The highest BCUT2D eigenvalue weighted by molar-refractivity contribution is 7.86. The summed E-state index contributed by atoms with van der Waals surface area (Å²) in [5, 5.41) is 18.2. The Bertz CT molecular complexity index is 831. The maximum atomic E-state index is 13.4. The summed E-state index contributed by atoms with van der Waals surface area (Å²) in [5.41, 5.74) is -1.10. The molecule has 2 heterocycles. The van der Waals surface area contributed by atoms with Crippen LogP contribution in [0.15, 0.2) is 6.20 Å². The first-order valence-electron chi connectivity index (χ1n) is 9.87. The predicted octanol–water partition coefficient (Wildman–Crippen LogP) is 1.65. The van der Waals surface area contributed by atoms with E-state index in [4.69, 9.17) is 9.88 Å². The van der Waals surface area contributed by atoms with Gasteiger partial charge in [0.05, 0.1) is 6.10 Å². The SMILES string of the molecule is NS(=O)(=O)N1CCC(Nc2ncc(C(F)(F)F)c(O[C@H]3CCCCC[C@H]3O)n2)CC1. The molecule has 0 bridgehead atoms. The molecule has 0 unspecified atom stereocenters. The molecule has 0 amide bonds. The summed E-state index contributed by atoms with van der Waals surface area (Å²) < 4.78 is 69.7. The molecule has 2 fully saturated rings. The summed E-state index contributed by atoms with van der Waals surface area (Å²) in [6.07, 6.45) is -1.53. The van der Waals surface area contributed by atoms with Gasteiger partial charge in [0.1, 0.15) is 11.7 Å². The Kier molecular flexibility index (Phi) is 7.05. The fraction of sp³-hybridized carbons (Fsp3) is 0.765. The van der Waals surface area contributed by atoms with E-state index in [0.717, 1.165) is 23.6 Å². The molecule has 2 atom stereocenters. The lowest BCUT2D eigenvalue weighted by molar-refractivity contribution is -0.140. The molecule has 170 valence electrons. The minimum absolute atomic E-state index is 0.0461. The van der Waals surface area contributed by atoms with Gasteiger partial charge in [0.25, 0.3) is 10.2 Å². The van der Waals surface area contributed by atoms with E-state index in [2.05, 4.69) is 15.3 Å². The van der Waals surface area contributed by atoms with Crippen molar-refractivity contribution in [2.45, 2.75) is 69.4 Å². The molecular formula is C17H26F3N5O4S. The zero-order valence-corrected chi connectivity index (χ0v) is 17.1. The number of aliphatic hydroxyl groups is 1. The minimum atomic E-state index is -4.70. The van der Waals surface area contributed by atoms with Crippen molar-refractivity contribution in [1.82, 2.24) is 14.3 Å². The molecule has 1 aliphatic heterocycles. The second kappa shape index (κ2) is 9.20. The molecule has 3 rings (SSSR count). The van der Waals surface area contributed by atoms with E-state index in [-0.39, 0.29) is 25.1 Å². The third kappa shape index (κ3) is 5.93. The number of alkyl halides is 3. The largest absolute Gasteiger partial charge is 0.471 e. The summed E-state index contributed by atoms with van der Waals surface area (Å²) in [6, 6.07) is -0.226. The summed E-state index contributed by atoms with van der Waals surface area (Å²) in [4.78, 5) is 7.69. The smallest absolute Gasteiger partial charge is 0.423 e. The Morgan fingerprint density at radius 2 is 1.83 bits per heavy atom. The molecule has 1 aliphatic carbocycles. The van der Waals surface area contributed by atoms with E-state index in [1.807, 2.05) is 0 Å². The van der Waals surface area contributed by atoms with Gasteiger partial charge in [0.15, 0.2) is 0 Å². The summed E-state index contributed by atoms with van der Waals surface area (Å²) in [6.45, 7) is 0.378. The van der Waals surface area contributed by atoms with Gasteiger partial charge in [-0.25, -0.2) is 10.1 Å². The highest BCUT2D eigenvalue weighted by atomic mass is 32.2. The van der Waals surface area contributed by atoms with Crippen LogP contribution in [0.25, 0.3) is 0 Å². The van der Waals surface area contributed by atoms with Crippen molar-refractivity contribution in [2.75, 3.05) is 18.4 Å². The average molecular weight is 453 g/mol. The molecular weight excluding hydrogens is 427 g/mol. The van der Waals surface area contributed by atoms with Crippen LogP contribution in [0, 0.1) is 0 Å². The lowest BCUT2D eigenvalue weighted by atomic mass is 10.1. The highest BCUT2D eigenvalue weighted by Crippen LogP contribution is 2.36. The molecule has 0 aromatic carbocycles. The van der Waals surface area contributed by atoms with Crippen molar-refractivity contribution in [1.29, 1.82) is 0 Å². The number of aliphatic hydroxyl groups excluding tert-OH is 1. The molecule has 30 heavy (non-hydrogen) atoms. The summed E-state index contributed by atoms with van der Waals surface area (Å²) in [7, 11) is -3.77. The lowest BCUT2D eigenvalue weighted by Gasteiger charge is -2.30. The first-order valence-corrected chi connectivity index (χ1v) is 11.4. The molecule has 0 radical (unpaired) electrons. The van der Waals surface area contributed by atoms with E-state index in [0.29, 0.717) is 31.9 Å². The first kappa shape index (κ1) is 23.0. The van der Waals surface area contributed by atoms with Crippen LogP contribution in [0.4, 0.5) is 19.1 Å². The monoisotopic (exact) mass is 453 g/mol. The van der Waals surface area contributed by atoms with E-state index in [9.17, 15) is 26.7 Å². The number of piperidine rings is 1. The van der Waals surface area contributed by atoms with Gasteiger partial charge < -0.3 is 15.2 Å². The molecule has 1 saturated heterocycles. The van der Waals surface area contributed by atoms with E-state index >= 15 is 0 Å². The molecule has 4 N–H and O–H groups in total. The van der Waals surface area contributed by atoms with Crippen molar-refractivity contribution in [2.24, 2.45) is 5.14 Å². The van der Waals surface area contributed by atoms with Crippen LogP contribution in [0.3, 0.4) is 0 Å². The molecule has 13 heteroatoms. The van der Waals surface area contributed by atoms with Crippen molar-refractivity contribution < 1.29 is 31.4 Å². The van der Waals surface area contributed by atoms with Gasteiger partial charge >= 0.3 is 6.18 Å². The van der Waals surface area contributed by atoms with E-state index in [1.165, 1.54) is 0 Å². The van der Waals surface area contributed by atoms with Crippen LogP contribution < -0.4 is 15.2 Å². The summed E-state index contributed by atoms with van der Waals surface area (Å²) in [5.74, 6) is -0.664. The first-order chi connectivity index (χ1) is 14.0. The number of nitrogens with zero attached hydrogens (tertiary/aromatic N) is 3. The quantitative estimate of drug-likeness (QED) is 0.578. The van der Waals surface area contributed by atoms with Gasteiger partial charge in [0, 0.05) is 25.3 Å². The molecule has 9 nitrogen and oxygen atoms in total. The molecule has 1 saturated carbocycles. The number of anilines is 1. The van der Waals surface area contributed by atoms with Crippen LogP contribution in [0.2, 0.25) is 0 Å². The Labute approximate surface area is 173 Å². The van der Waals surface area contributed by atoms with Crippen LogP contribution >= 0.6 is 0 Å². The second-order valence-corrected chi connectivity index (χ2v) is 9.18. The molecule has 1 aromatic rings. The topological polar surface area (TPSA) is 131 Å². The van der Waals surface area contributed by atoms with Crippen molar-refractivity contribution in [3.8, 4) is 5.88 Å². The Morgan fingerprint density at radius 1 is 1.17 bits per heavy atom. The highest BCUT2D eigenvalue weighted by Gasteiger charge is 2.38. The third-order valence-electron chi connectivity index (χ3n) is 5.39. The van der Waals surface area contributed by atoms with Crippen molar-refractivity contribution in [3.05, 3.63) is 11.8 Å². The van der Waals surface area contributed by atoms with Crippen LogP contribution in [0.1, 0.15) is 50.5 Å². The number of hydrogen-bond donors (Lipinski definition) is 3. The maximum absolute atomic E-state index is 13.4. The molecule has 0 spiro atoms. The number of ether oxygens (including phenoxy) is 1. The normalized spacial score (nSPS) is 25.0. The fourth-order valence-corrected chi connectivity index (χ4v) is 4.41. The predicted molar refractivity (Wildman–Crippen MR) is 102 cm³/mol. The molecule has 1 aromatic heterocycles. The minimum Gasteiger partial charge on any atom is -0.471 e. The van der Waals surface area contributed by atoms with Gasteiger partial charge in [-0.1, -0.05) is 12.8 Å². The number of halogens is 3. The van der Waals surface area contributed by atoms with Gasteiger partial charge in [-0.2, -0.15) is 30.9 Å². The van der Waals surface area contributed by atoms with E-state index in [1.54, 1.807) is 0 Å². The zero-order valence-electron chi connectivity index (χ0n) is 16.3.